The first-order chi connectivity index (χ1) is 7.70. The lowest BCUT2D eigenvalue weighted by molar-refractivity contribution is 0.148. The van der Waals surface area contributed by atoms with Crippen LogP contribution in [-0.4, -0.2) is 30.8 Å². The Bertz CT molecular complexity index is 305. The summed E-state index contributed by atoms with van der Waals surface area (Å²) in [5.41, 5.74) is 2.20. The molecular weight excluding hydrogens is 220 g/mol. The van der Waals surface area contributed by atoms with Gasteiger partial charge in [-0.25, -0.2) is 0 Å². The minimum atomic E-state index is 0.288. The minimum Gasteiger partial charge on any atom is -0.381 e. The van der Waals surface area contributed by atoms with Gasteiger partial charge in [0.05, 0.1) is 12.1 Å². The molecule has 1 aromatic heterocycles. The number of rotatable bonds is 5. The van der Waals surface area contributed by atoms with Crippen LogP contribution in [0.5, 0.6) is 0 Å². The van der Waals surface area contributed by atoms with Gasteiger partial charge in [-0.2, -0.15) is 0 Å². The number of nitrogens with one attached hydrogen (secondary N) is 1. The summed E-state index contributed by atoms with van der Waals surface area (Å²) in [4.78, 5) is 5.52. The fourth-order valence-corrected chi connectivity index (χ4v) is 2.88. The van der Waals surface area contributed by atoms with Crippen molar-refractivity contribution in [3.8, 4) is 0 Å². The van der Waals surface area contributed by atoms with E-state index in [4.69, 9.17) is 4.74 Å². The molecule has 1 aliphatic rings. The van der Waals surface area contributed by atoms with Crippen LogP contribution >= 0.6 is 11.3 Å². The molecule has 1 unspecified atom stereocenters. The third-order valence-corrected chi connectivity index (χ3v) is 3.88. The quantitative estimate of drug-likeness (QED) is 0.855. The molecule has 0 spiro atoms. The minimum absolute atomic E-state index is 0.288. The van der Waals surface area contributed by atoms with E-state index in [1.807, 2.05) is 11.7 Å². The first kappa shape index (κ1) is 12.0. The van der Waals surface area contributed by atoms with Gasteiger partial charge < -0.3 is 10.1 Å². The predicted octanol–water partition coefficient (Wildman–Crippen LogP) is 2.09. The Morgan fingerprint density at radius 1 is 1.62 bits per heavy atom. The van der Waals surface area contributed by atoms with Gasteiger partial charge in [-0.3, -0.25) is 4.98 Å². The zero-order valence-electron chi connectivity index (χ0n) is 10.0. The van der Waals surface area contributed by atoms with Gasteiger partial charge in [0.2, 0.25) is 0 Å². The lowest BCUT2D eigenvalue weighted by atomic mass is 9.83. The van der Waals surface area contributed by atoms with Crippen LogP contribution in [0.25, 0.3) is 0 Å². The summed E-state index contributed by atoms with van der Waals surface area (Å²) in [6.07, 6.45) is 4.24. The van der Waals surface area contributed by atoms with Gasteiger partial charge in [0.25, 0.3) is 0 Å². The molecule has 1 aromatic rings. The van der Waals surface area contributed by atoms with E-state index in [1.165, 1.54) is 4.88 Å². The number of aromatic nitrogens is 1. The molecule has 16 heavy (non-hydrogen) atoms. The van der Waals surface area contributed by atoms with Crippen molar-refractivity contribution in [3.05, 3.63) is 16.6 Å². The Hall–Kier alpha value is -0.450. The van der Waals surface area contributed by atoms with Crippen molar-refractivity contribution in [1.82, 2.24) is 10.3 Å². The van der Waals surface area contributed by atoms with Crippen LogP contribution in [-0.2, 0) is 11.2 Å². The van der Waals surface area contributed by atoms with E-state index in [2.05, 4.69) is 24.1 Å². The summed E-state index contributed by atoms with van der Waals surface area (Å²) in [5, 5.41) is 3.54. The average Bonchev–Trinajstić information content (AvgIpc) is 2.88. The largest absolute Gasteiger partial charge is 0.381 e. The second kappa shape index (κ2) is 5.25. The highest BCUT2D eigenvalue weighted by Gasteiger charge is 2.35. The highest BCUT2D eigenvalue weighted by atomic mass is 32.1. The van der Waals surface area contributed by atoms with E-state index in [-0.39, 0.29) is 5.41 Å². The van der Waals surface area contributed by atoms with Crippen LogP contribution in [0.2, 0.25) is 0 Å². The van der Waals surface area contributed by atoms with Crippen molar-refractivity contribution in [1.29, 1.82) is 0 Å². The van der Waals surface area contributed by atoms with Crippen molar-refractivity contribution in [2.45, 2.75) is 32.7 Å². The molecule has 1 N–H and O–H groups in total. The zero-order chi connectivity index (χ0) is 11.4. The van der Waals surface area contributed by atoms with Gasteiger partial charge in [-0.15, -0.1) is 11.3 Å². The molecule has 0 radical (unpaired) electrons. The van der Waals surface area contributed by atoms with Crippen molar-refractivity contribution in [2.75, 3.05) is 19.8 Å². The number of hydrogen-bond acceptors (Lipinski definition) is 4. The lowest BCUT2D eigenvalue weighted by Crippen LogP contribution is -2.39. The molecular formula is C12H20N2OS. The molecule has 4 heteroatoms. The summed E-state index contributed by atoms with van der Waals surface area (Å²) in [6.45, 7) is 7.21. The first-order valence-electron chi connectivity index (χ1n) is 5.89. The molecule has 1 saturated heterocycles. The second-order valence-corrected chi connectivity index (χ2v) is 5.95. The fourth-order valence-electron chi connectivity index (χ4n) is 2.11. The van der Waals surface area contributed by atoms with Gasteiger partial charge in [-0.1, -0.05) is 13.8 Å². The molecule has 0 bridgehead atoms. The SMILES string of the molecule is CC(C)NCC1(Cc2cncs2)CCOC1. The molecule has 0 aromatic carbocycles. The monoisotopic (exact) mass is 240 g/mol. The summed E-state index contributed by atoms with van der Waals surface area (Å²) >= 11 is 1.75. The third kappa shape index (κ3) is 3.03. The lowest BCUT2D eigenvalue weighted by Gasteiger charge is -2.28. The molecule has 0 amide bonds. The molecule has 1 atom stereocenters. The summed E-state index contributed by atoms with van der Waals surface area (Å²) in [7, 11) is 0. The molecule has 0 aliphatic carbocycles. The number of nitrogens with zero attached hydrogens (tertiary/aromatic N) is 1. The van der Waals surface area contributed by atoms with E-state index in [9.17, 15) is 0 Å². The average molecular weight is 240 g/mol. The topological polar surface area (TPSA) is 34.2 Å². The molecule has 3 nitrogen and oxygen atoms in total. The summed E-state index contributed by atoms with van der Waals surface area (Å²) in [5.74, 6) is 0. The predicted molar refractivity (Wildman–Crippen MR) is 66.8 cm³/mol. The van der Waals surface area contributed by atoms with Gasteiger partial charge >= 0.3 is 0 Å². The van der Waals surface area contributed by atoms with E-state index >= 15 is 0 Å². The maximum Gasteiger partial charge on any atom is 0.0794 e. The van der Waals surface area contributed by atoms with Gasteiger partial charge in [0.15, 0.2) is 0 Å². The van der Waals surface area contributed by atoms with E-state index in [0.29, 0.717) is 6.04 Å². The van der Waals surface area contributed by atoms with E-state index in [1.54, 1.807) is 11.3 Å². The fraction of sp³-hybridized carbons (Fsp3) is 0.750. The molecule has 2 heterocycles. The number of hydrogen-bond donors (Lipinski definition) is 1. The highest BCUT2D eigenvalue weighted by molar-refractivity contribution is 7.09. The summed E-state index contributed by atoms with van der Waals surface area (Å²) < 4.78 is 5.59. The normalized spacial score (nSPS) is 25.4. The Balaban J connectivity index is 1.98. The Morgan fingerprint density at radius 3 is 3.06 bits per heavy atom. The van der Waals surface area contributed by atoms with Crippen LogP contribution in [0.1, 0.15) is 25.1 Å². The standard InChI is InChI=1S/C12H20N2OS/c1-10(2)14-7-12(3-4-15-8-12)5-11-6-13-9-16-11/h6,9-10,14H,3-5,7-8H2,1-2H3. The van der Waals surface area contributed by atoms with E-state index < -0.39 is 0 Å². The van der Waals surface area contributed by atoms with Crippen LogP contribution in [0.3, 0.4) is 0 Å². The highest BCUT2D eigenvalue weighted by Crippen LogP contribution is 2.33. The van der Waals surface area contributed by atoms with Crippen molar-refractivity contribution in [3.63, 3.8) is 0 Å². The smallest absolute Gasteiger partial charge is 0.0794 e. The second-order valence-electron chi connectivity index (χ2n) is 4.98. The number of thiazole rings is 1. The molecule has 0 saturated carbocycles. The van der Waals surface area contributed by atoms with Crippen molar-refractivity contribution >= 4 is 11.3 Å². The van der Waals surface area contributed by atoms with Crippen LogP contribution < -0.4 is 5.32 Å². The first-order valence-corrected chi connectivity index (χ1v) is 6.77. The maximum absolute atomic E-state index is 5.59. The third-order valence-electron chi connectivity index (χ3n) is 3.10. The van der Waals surface area contributed by atoms with Crippen LogP contribution in [0.15, 0.2) is 11.7 Å². The van der Waals surface area contributed by atoms with Crippen molar-refractivity contribution in [2.24, 2.45) is 5.41 Å². The van der Waals surface area contributed by atoms with E-state index in [0.717, 1.165) is 32.6 Å². The van der Waals surface area contributed by atoms with Crippen molar-refractivity contribution < 1.29 is 4.74 Å². The Labute approximate surface area is 101 Å². The molecule has 90 valence electrons. The molecule has 1 fully saturated rings. The maximum atomic E-state index is 5.59. The Kier molecular flexibility index (Phi) is 3.95. The number of ether oxygens (including phenoxy) is 1. The van der Waals surface area contributed by atoms with Gasteiger partial charge in [-0.05, 0) is 12.8 Å². The van der Waals surface area contributed by atoms with Gasteiger partial charge in [0, 0.05) is 35.7 Å². The zero-order valence-corrected chi connectivity index (χ0v) is 10.8. The molecule has 1 aliphatic heterocycles. The van der Waals surface area contributed by atoms with Gasteiger partial charge in [0.1, 0.15) is 0 Å². The van der Waals surface area contributed by atoms with Crippen LogP contribution in [0, 0.1) is 5.41 Å². The molecule has 2 rings (SSSR count). The van der Waals surface area contributed by atoms with Crippen LogP contribution in [0.4, 0.5) is 0 Å². The Morgan fingerprint density at radius 2 is 2.50 bits per heavy atom. The summed E-state index contributed by atoms with van der Waals surface area (Å²) in [6, 6.07) is 0.541.